The van der Waals surface area contributed by atoms with Gasteiger partial charge in [-0.15, -0.1) is 0 Å². The van der Waals surface area contributed by atoms with E-state index in [1.54, 1.807) is 0 Å². The molecular weight excluding hydrogens is 304 g/mol. The molecule has 0 saturated heterocycles. The van der Waals surface area contributed by atoms with Gasteiger partial charge in [-0.2, -0.15) is 43.9 Å². The Labute approximate surface area is 97.1 Å². The van der Waals surface area contributed by atoms with Crippen molar-refractivity contribution in [1.29, 1.82) is 5.41 Å². The van der Waals surface area contributed by atoms with Crippen LogP contribution in [0.1, 0.15) is 0 Å². The van der Waals surface area contributed by atoms with E-state index in [9.17, 15) is 43.9 Å². The van der Waals surface area contributed by atoms with E-state index < -0.39 is 35.9 Å². The van der Waals surface area contributed by atoms with Gasteiger partial charge >= 0.3 is 24.2 Å². The average molecular weight is 307 g/mol. The maximum atomic E-state index is 12.4. The number of amidine groups is 2. The largest absolute Gasteiger partial charge is 0.461 e. The van der Waals surface area contributed by atoms with Crippen LogP contribution in [0.15, 0.2) is 4.99 Å². The van der Waals surface area contributed by atoms with Crippen LogP contribution in [0, 0.1) is 5.41 Å². The number of alkyl halides is 10. The molecule has 0 radical (unpaired) electrons. The molecule has 0 spiro atoms. The molecule has 0 rings (SSSR count). The topological polar surface area (TPSA) is 62.2 Å². The van der Waals surface area contributed by atoms with Crippen molar-refractivity contribution >= 4 is 11.7 Å². The fraction of sp³-hybridized carbons (Fsp3) is 0.667. The number of halogens is 10. The van der Waals surface area contributed by atoms with Crippen molar-refractivity contribution in [1.82, 2.24) is 0 Å². The number of aliphatic imine (C=N–C) groups is 1. The molecule has 13 heteroatoms. The first-order chi connectivity index (χ1) is 8.05. The second kappa shape index (κ2) is 4.52. The summed E-state index contributed by atoms with van der Waals surface area (Å²) in [6, 6.07) is 0. The monoisotopic (exact) mass is 307 g/mol. The van der Waals surface area contributed by atoms with Gasteiger partial charge in [0.1, 0.15) is 0 Å². The molecule has 0 aliphatic carbocycles. The Morgan fingerprint density at radius 3 is 1.32 bits per heavy atom. The van der Waals surface area contributed by atoms with Gasteiger partial charge in [-0.1, -0.05) is 0 Å². The van der Waals surface area contributed by atoms with Gasteiger partial charge in [0.15, 0.2) is 5.84 Å². The van der Waals surface area contributed by atoms with Gasteiger partial charge in [0.2, 0.25) is 5.84 Å². The van der Waals surface area contributed by atoms with Crippen LogP contribution in [0.25, 0.3) is 0 Å². The third kappa shape index (κ3) is 3.26. The van der Waals surface area contributed by atoms with Crippen LogP contribution in [0.3, 0.4) is 0 Å². The molecule has 0 bridgehead atoms. The molecule has 19 heavy (non-hydrogen) atoms. The first kappa shape index (κ1) is 17.4. The van der Waals surface area contributed by atoms with Gasteiger partial charge in [-0.05, 0) is 0 Å². The Balaban J connectivity index is 5.46. The molecule has 0 aromatic heterocycles. The molecule has 0 aromatic rings. The highest BCUT2D eigenvalue weighted by Crippen LogP contribution is 2.38. The number of nitrogens with zero attached hydrogens (tertiary/aromatic N) is 1. The number of rotatable bonds is 2. The van der Waals surface area contributed by atoms with Gasteiger partial charge in [0.25, 0.3) is 0 Å². The Kier molecular flexibility index (Phi) is 4.15. The fourth-order valence-corrected chi connectivity index (χ4v) is 0.540. The zero-order valence-corrected chi connectivity index (χ0v) is 8.30. The van der Waals surface area contributed by atoms with Gasteiger partial charge in [-0.25, -0.2) is 4.99 Å². The first-order valence-electron chi connectivity index (χ1n) is 3.88. The van der Waals surface area contributed by atoms with E-state index in [4.69, 9.17) is 5.41 Å². The fourth-order valence-electron chi connectivity index (χ4n) is 0.540. The number of hydrogen-bond acceptors (Lipinski definition) is 1. The summed E-state index contributed by atoms with van der Waals surface area (Å²) in [6.07, 6.45) is -12.7. The minimum Gasteiger partial charge on any atom is -0.382 e. The van der Waals surface area contributed by atoms with E-state index in [1.807, 2.05) is 0 Å². The molecule has 3 nitrogen and oxygen atoms in total. The zero-order chi connectivity index (χ0) is 15.9. The van der Waals surface area contributed by atoms with Crippen molar-refractivity contribution in [2.75, 3.05) is 0 Å². The van der Waals surface area contributed by atoms with Crippen LogP contribution in [0.5, 0.6) is 0 Å². The zero-order valence-electron chi connectivity index (χ0n) is 8.30. The van der Waals surface area contributed by atoms with Gasteiger partial charge in [0.05, 0.1) is 0 Å². The minimum absolute atomic E-state index is 1.49. The highest BCUT2D eigenvalue weighted by molar-refractivity contribution is 6.01. The summed E-state index contributed by atoms with van der Waals surface area (Å²) in [5.74, 6) is -17.9. The minimum atomic E-state index is -6.39. The van der Waals surface area contributed by atoms with E-state index in [2.05, 4.69) is 5.73 Å². The van der Waals surface area contributed by atoms with E-state index in [1.165, 1.54) is 4.99 Å². The van der Waals surface area contributed by atoms with Crippen molar-refractivity contribution in [3.05, 3.63) is 0 Å². The Morgan fingerprint density at radius 1 is 0.737 bits per heavy atom. The van der Waals surface area contributed by atoms with Crippen molar-refractivity contribution < 1.29 is 43.9 Å². The quantitative estimate of drug-likeness (QED) is 0.460. The van der Waals surface area contributed by atoms with Crippen LogP contribution in [-0.4, -0.2) is 35.9 Å². The van der Waals surface area contributed by atoms with Gasteiger partial charge in [-0.3, -0.25) is 5.41 Å². The standard InChI is InChI=1S/C6H3F10N3/c7-3(8,5(11,12)13)1(17)19-2(18)4(9,10)6(14,15)16/h(H3,17,18,19). The first-order valence-corrected chi connectivity index (χ1v) is 3.88. The molecule has 0 heterocycles. The molecule has 0 unspecified atom stereocenters. The maximum Gasteiger partial charge on any atom is 0.461 e. The van der Waals surface area contributed by atoms with E-state index >= 15 is 0 Å². The summed E-state index contributed by atoms with van der Waals surface area (Å²) in [6.45, 7) is 0. The molecule has 0 atom stereocenters. The highest BCUT2D eigenvalue weighted by atomic mass is 19.4. The lowest BCUT2D eigenvalue weighted by molar-refractivity contribution is -0.251. The summed E-state index contributed by atoms with van der Waals surface area (Å²) in [7, 11) is 0. The molecule has 0 aliphatic heterocycles. The molecule has 0 aromatic carbocycles. The number of nitrogens with two attached hydrogens (primary N) is 1. The normalized spacial score (nSPS) is 15.6. The predicted octanol–water partition coefficient (Wildman–Crippen LogP) is 2.72. The Morgan fingerprint density at radius 2 is 1.05 bits per heavy atom. The Hall–Kier alpha value is -1.56. The lowest BCUT2D eigenvalue weighted by Crippen LogP contribution is -2.50. The molecular formula is C6H3F10N3. The summed E-state index contributed by atoms with van der Waals surface area (Å²) >= 11 is 0. The smallest absolute Gasteiger partial charge is 0.382 e. The molecule has 3 N–H and O–H groups in total. The van der Waals surface area contributed by atoms with Gasteiger partial charge in [0, 0.05) is 0 Å². The summed E-state index contributed by atoms with van der Waals surface area (Å²) < 4.78 is 119. The van der Waals surface area contributed by atoms with Crippen molar-refractivity contribution in [2.45, 2.75) is 24.2 Å². The van der Waals surface area contributed by atoms with Crippen LogP contribution in [0.2, 0.25) is 0 Å². The van der Waals surface area contributed by atoms with Crippen molar-refractivity contribution in [3.63, 3.8) is 0 Å². The highest BCUT2D eigenvalue weighted by Gasteiger charge is 2.64. The third-order valence-electron chi connectivity index (χ3n) is 1.56. The molecule has 0 amide bonds. The van der Waals surface area contributed by atoms with Crippen molar-refractivity contribution in [2.24, 2.45) is 10.7 Å². The van der Waals surface area contributed by atoms with Crippen LogP contribution in [-0.2, 0) is 0 Å². The second-order valence-corrected chi connectivity index (χ2v) is 2.99. The SMILES string of the molecule is N=C(N=C(N)C(F)(F)C(F)(F)F)C(F)(F)C(F)(F)F. The molecule has 0 fully saturated rings. The lowest BCUT2D eigenvalue weighted by atomic mass is 10.2. The second-order valence-electron chi connectivity index (χ2n) is 2.99. The van der Waals surface area contributed by atoms with Crippen LogP contribution in [0.4, 0.5) is 43.9 Å². The number of nitrogens with one attached hydrogen (secondary N) is 1. The van der Waals surface area contributed by atoms with Crippen LogP contribution < -0.4 is 5.73 Å². The van der Waals surface area contributed by atoms with E-state index in [0.29, 0.717) is 0 Å². The summed E-state index contributed by atoms with van der Waals surface area (Å²) in [5, 5.41) is 6.12. The number of hydrogen-bond donors (Lipinski definition) is 2. The summed E-state index contributed by atoms with van der Waals surface area (Å²) in [4.78, 5) is 1.49. The summed E-state index contributed by atoms with van der Waals surface area (Å²) in [5.41, 5.74) is 4.02. The molecule has 0 aliphatic rings. The maximum absolute atomic E-state index is 12.4. The average Bonchev–Trinajstić information content (AvgIpc) is 2.13. The Bertz CT molecular complexity index is 389. The van der Waals surface area contributed by atoms with E-state index in [-0.39, 0.29) is 0 Å². The lowest BCUT2D eigenvalue weighted by Gasteiger charge is -2.21. The van der Waals surface area contributed by atoms with Crippen LogP contribution >= 0.6 is 0 Å². The predicted molar refractivity (Wildman–Crippen MR) is 41.4 cm³/mol. The molecule has 112 valence electrons. The van der Waals surface area contributed by atoms with Gasteiger partial charge < -0.3 is 5.73 Å². The van der Waals surface area contributed by atoms with Crippen molar-refractivity contribution in [3.8, 4) is 0 Å². The van der Waals surface area contributed by atoms with E-state index in [0.717, 1.165) is 0 Å². The molecule has 0 saturated carbocycles. The third-order valence-corrected chi connectivity index (χ3v) is 1.56.